The fourth-order valence-corrected chi connectivity index (χ4v) is 4.68. The molecule has 0 spiro atoms. The predicted molar refractivity (Wildman–Crippen MR) is 109 cm³/mol. The zero-order valence-corrected chi connectivity index (χ0v) is 17.1. The van der Waals surface area contributed by atoms with Gasteiger partial charge in [-0.15, -0.1) is 4.40 Å². The number of hydrogen-bond acceptors (Lipinski definition) is 5. The summed E-state index contributed by atoms with van der Waals surface area (Å²) in [6.07, 6.45) is 2.25. The molecule has 3 aliphatic rings. The smallest absolute Gasteiger partial charge is 0.345 e. The number of ether oxygens (including phenoxy) is 2. The van der Waals surface area contributed by atoms with E-state index in [0.29, 0.717) is 30.2 Å². The molecule has 2 aromatic carbocycles. The number of likely N-dealkylation sites (N-methyl/N-ethyl adjacent to an activating group) is 1. The second-order valence-corrected chi connectivity index (χ2v) is 8.89. The average Bonchev–Trinajstić information content (AvgIpc) is 3.22. The zero-order chi connectivity index (χ0) is 20.9. The first-order valence-electron chi connectivity index (χ1n) is 9.49. The van der Waals surface area contributed by atoms with Crippen molar-refractivity contribution < 1.29 is 22.7 Å². The molecule has 0 fully saturated rings. The Morgan fingerprint density at radius 2 is 1.83 bits per heavy atom. The van der Waals surface area contributed by atoms with E-state index in [4.69, 9.17) is 9.47 Å². The molecule has 0 atom stereocenters. The summed E-state index contributed by atoms with van der Waals surface area (Å²) in [6, 6.07) is 13.0. The van der Waals surface area contributed by atoms with E-state index >= 15 is 0 Å². The van der Waals surface area contributed by atoms with Crippen molar-refractivity contribution in [2.75, 3.05) is 20.4 Å². The Hall–Kier alpha value is -3.33. The largest absolute Gasteiger partial charge is 0.454 e. The number of carbonyl (C=O) groups is 1. The molecule has 9 heteroatoms. The van der Waals surface area contributed by atoms with Crippen molar-refractivity contribution in [3.8, 4) is 11.5 Å². The van der Waals surface area contributed by atoms with Crippen LogP contribution in [0, 0.1) is 0 Å². The number of carbonyl (C=O) groups excluding carboxylic acids is 1. The van der Waals surface area contributed by atoms with Gasteiger partial charge in [0.05, 0.1) is 5.71 Å². The van der Waals surface area contributed by atoms with Crippen molar-refractivity contribution in [1.29, 1.82) is 0 Å². The van der Waals surface area contributed by atoms with Crippen LogP contribution in [0.4, 0.5) is 0 Å². The summed E-state index contributed by atoms with van der Waals surface area (Å²) >= 11 is 0. The van der Waals surface area contributed by atoms with Crippen LogP contribution < -0.4 is 9.47 Å². The topological polar surface area (TPSA) is 88.5 Å². The molecular formula is C21H19N3O5S. The first-order valence-corrected chi connectivity index (χ1v) is 10.9. The summed E-state index contributed by atoms with van der Waals surface area (Å²) in [6.45, 7) is 1.08. The molecule has 0 radical (unpaired) electrons. The van der Waals surface area contributed by atoms with Gasteiger partial charge in [0.2, 0.25) is 6.79 Å². The number of hydrogen-bond donors (Lipinski definition) is 0. The monoisotopic (exact) mass is 425 g/mol. The van der Waals surface area contributed by atoms with Crippen LogP contribution in [-0.2, 0) is 28.0 Å². The van der Waals surface area contributed by atoms with Crippen LogP contribution in [0.25, 0.3) is 0 Å². The van der Waals surface area contributed by atoms with Crippen LogP contribution >= 0.6 is 0 Å². The van der Waals surface area contributed by atoms with E-state index in [1.54, 1.807) is 23.1 Å². The van der Waals surface area contributed by atoms with Crippen molar-refractivity contribution in [3.63, 3.8) is 0 Å². The maximum absolute atomic E-state index is 13.3. The fraction of sp³-hybridized carbons (Fsp3) is 0.238. The molecule has 1 amide bonds. The van der Waals surface area contributed by atoms with Crippen molar-refractivity contribution >= 4 is 21.8 Å². The Labute approximate surface area is 174 Å². The van der Waals surface area contributed by atoms with E-state index in [2.05, 4.69) is 10.5 Å². The van der Waals surface area contributed by atoms with Crippen LogP contribution in [-0.4, -0.2) is 49.6 Å². The molecular weight excluding hydrogens is 406 g/mol. The lowest BCUT2D eigenvalue weighted by Crippen LogP contribution is -2.43. The van der Waals surface area contributed by atoms with Gasteiger partial charge >= 0.3 is 10.2 Å². The number of rotatable bonds is 2. The highest BCUT2D eigenvalue weighted by Crippen LogP contribution is 2.34. The van der Waals surface area contributed by atoms with Gasteiger partial charge in [0, 0.05) is 25.7 Å². The third-order valence-corrected chi connectivity index (χ3v) is 6.79. The first kappa shape index (κ1) is 18.7. The molecule has 154 valence electrons. The minimum absolute atomic E-state index is 0.0667. The predicted octanol–water partition coefficient (Wildman–Crippen LogP) is 1.86. The maximum atomic E-state index is 13.3. The molecule has 3 aliphatic heterocycles. The number of amides is 1. The Kier molecular flexibility index (Phi) is 4.28. The molecule has 0 saturated heterocycles. The molecule has 2 aromatic rings. The summed E-state index contributed by atoms with van der Waals surface area (Å²) in [4.78, 5) is 14.9. The number of benzene rings is 2. The second-order valence-electron chi connectivity index (χ2n) is 7.26. The molecule has 30 heavy (non-hydrogen) atoms. The molecule has 8 nitrogen and oxygen atoms in total. The van der Waals surface area contributed by atoms with Gasteiger partial charge in [0.1, 0.15) is 5.70 Å². The van der Waals surface area contributed by atoms with Crippen molar-refractivity contribution in [1.82, 2.24) is 9.21 Å². The van der Waals surface area contributed by atoms with Gasteiger partial charge in [0.25, 0.3) is 5.91 Å². The maximum Gasteiger partial charge on any atom is 0.345 e. The van der Waals surface area contributed by atoms with Gasteiger partial charge in [-0.2, -0.15) is 8.42 Å². The summed E-state index contributed by atoms with van der Waals surface area (Å²) in [7, 11) is -2.69. The van der Waals surface area contributed by atoms with Gasteiger partial charge in [0.15, 0.2) is 11.5 Å². The van der Waals surface area contributed by atoms with E-state index in [0.717, 1.165) is 16.3 Å². The summed E-state index contributed by atoms with van der Waals surface area (Å²) in [5, 5.41) is 0. The van der Waals surface area contributed by atoms with E-state index < -0.39 is 10.2 Å². The van der Waals surface area contributed by atoms with E-state index in [1.807, 2.05) is 18.2 Å². The first-order chi connectivity index (χ1) is 14.4. The minimum atomic E-state index is -4.03. The third-order valence-electron chi connectivity index (χ3n) is 5.48. The summed E-state index contributed by atoms with van der Waals surface area (Å²) < 4.78 is 40.8. The molecule has 0 N–H and O–H groups in total. The lowest BCUT2D eigenvalue weighted by atomic mass is 9.99. The Morgan fingerprint density at radius 3 is 2.67 bits per heavy atom. The molecule has 0 bridgehead atoms. The average molecular weight is 425 g/mol. The van der Waals surface area contributed by atoms with Crippen LogP contribution in [0.3, 0.4) is 0 Å². The Balaban J connectivity index is 1.49. The van der Waals surface area contributed by atoms with Crippen LogP contribution in [0.15, 0.2) is 58.6 Å². The summed E-state index contributed by atoms with van der Waals surface area (Å²) in [5.74, 6) is 0.756. The van der Waals surface area contributed by atoms with E-state index in [9.17, 15) is 13.2 Å². The van der Waals surface area contributed by atoms with Crippen LogP contribution in [0.5, 0.6) is 11.5 Å². The van der Waals surface area contributed by atoms with E-state index in [-0.39, 0.29) is 24.1 Å². The standard InChI is InChI=1S/C21H19N3O5S/c1-23-18(21(25)24-9-8-14-4-2-3-5-16(14)12-24)11-17(22-30(23,26)27)15-6-7-19-20(10-15)29-13-28-19/h2-7,10-11H,8-9,12-13H2,1H3. The number of fused-ring (bicyclic) bond motifs is 2. The van der Waals surface area contributed by atoms with Crippen LogP contribution in [0.1, 0.15) is 16.7 Å². The highest BCUT2D eigenvalue weighted by Gasteiger charge is 2.33. The molecule has 0 unspecified atom stereocenters. The lowest BCUT2D eigenvalue weighted by Gasteiger charge is -2.32. The molecule has 0 aromatic heterocycles. The zero-order valence-electron chi connectivity index (χ0n) is 16.2. The van der Waals surface area contributed by atoms with Gasteiger partial charge in [-0.25, -0.2) is 4.31 Å². The molecule has 3 heterocycles. The van der Waals surface area contributed by atoms with Gasteiger partial charge in [-0.1, -0.05) is 24.3 Å². The van der Waals surface area contributed by atoms with Gasteiger partial charge in [-0.05, 0) is 41.8 Å². The third kappa shape index (κ3) is 3.11. The normalized spacial score (nSPS) is 19.1. The van der Waals surface area contributed by atoms with Crippen LogP contribution in [0.2, 0.25) is 0 Å². The van der Waals surface area contributed by atoms with Crippen molar-refractivity contribution in [3.05, 3.63) is 70.9 Å². The van der Waals surface area contributed by atoms with E-state index in [1.165, 1.54) is 18.7 Å². The second kappa shape index (κ2) is 6.88. The lowest BCUT2D eigenvalue weighted by molar-refractivity contribution is -0.129. The molecule has 0 aliphatic carbocycles. The number of nitrogens with zero attached hydrogens (tertiary/aromatic N) is 3. The van der Waals surface area contributed by atoms with Crippen molar-refractivity contribution in [2.45, 2.75) is 13.0 Å². The summed E-state index contributed by atoms with van der Waals surface area (Å²) in [5.41, 5.74) is 3.07. The fourth-order valence-electron chi connectivity index (χ4n) is 3.78. The Bertz CT molecular complexity index is 1220. The molecule has 5 rings (SSSR count). The highest BCUT2D eigenvalue weighted by molar-refractivity contribution is 7.88. The Morgan fingerprint density at radius 1 is 1.07 bits per heavy atom. The SMILES string of the molecule is CN1C(C(=O)N2CCc3ccccc3C2)=CC(c2ccc3c(c2)OCO3)=NS1(=O)=O. The molecule has 0 saturated carbocycles. The van der Waals surface area contributed by atoms with Crippen molar-refractivity contribution in [2.24, 2.45) is 4.40 Å². The quantitative estimate of drug-likeness (QED) is 0.733. The van der Waals surface area contributed by atoms with Gasteiger partial charge in [-0.3, -0.25) is 4.79 Å². The van der Waals surface area contributed by atoms with Gasteiger partial charge < -0.3 is 14.4 Å². The highest BCUT2D eigenvalue weighted by atomic mass is 32.2. The number of allylic oxidation sites excluding steroid dienone is 1. The minimum Gasteiger partial charge on any atom is -0.454 e.